The van der Waals surface area contributed by atoms with Crippen LogP contribution in [-0.2, 0) is 18.4 Å². The molecule has 0 N–H and O–H groups in total. The highest BCUT2D eigenvalue weighted by molar-refractivity contribution is 7.33. The molecule has 0 aliphatic carbocycles. The molecule has 0 fully saturated rings. The van der Waals surface area contributed by atoms with Crippen LogP contribution in [-0.4, -0.2) is 20.0 Å². The Morgan fingerprint density at radius 1 is 1.36 bits per heavy atom. The fourth-order valence-corrected chi connectivity index (χ4v) is 0.536. The molecule has 0 aromatic heterocycles. The van der Waals surface area contributed by atoms with Crippen molar-refractivity contribution in [2.45, 2.75) is 26.7 Å². The van der Waals surface area contributed by atoms with Crippen LogP contribution in [0.4, 0.5) is 0 Å². The quantitative estimate of drug-likeness (QED) is 0.415. The fourth-order valence-electron chi connectivity index (χ4n) is 0.387. The lowest BCUT2D eigenvalue weighted by Crippen LogP contribution is -1.79. The van der Waals surface area contributed by atoms with E-state index in [4.69, 9.17) is 0 Å². The van der Waals surface area contributed by atoms with E-state index in [1.807, 2.05) is 6.92 Å². The van der Waals surface area contributed by atoms with Crippen LogP contribution in [0.15, 0.2) is 0 Å². The summed E-state index contributed by atoms with van der Waals surface area (Å²) in [6, 6.07) is 0. The lowest BCUT2D eigenvalue weighted by Gasteiger charge is -1.74. The second-order valence-electron chi connectivity index (χ2n) is 2.20. The number of rotatable bonds is 3. The number of Topliss-reactive ketones (excluding diaryl/α,β-unsaturated/α-hetero) is 1. The standard InChI is InChI=1S/C7H10O.C2H6O3P/c1-3-4-5-6-7(2)8;1-4-6(3)5-2/h3-4H2,1-2H3;1-2H3/q;+1. The molecule has 4 nitrogen and oxygen atoms in total. The average molecular weight is 219 g/mol. The van der Waals surface area contributed by atoms with Gasteiger partial charge in [-0.2, -0.15) is 0 Å². The van der Waals surface area contributed by atoms with E-state index in [0.29, 0.717) is 0 Å². The minimum Gasteiger partial charge on any atom is -0.285 e. The molecule has 5 heteroatoms. The summed E-state index contributed by atoms with van der Waals surface area (Å²) in [5.41, 5.74) is 0. The summed E-state index contributed by atoms with van der Waals surface area (Å²) >= 11 is 0. The van der Waals surface area contributed by atoms with Crippen LogP contribution >= 0.6 is 8.25 Å². The third-order valence-electron chi connectivity index (χ3n) is 0.938. The zero-order valence-electron chi connectivity index (χ0n) is 8.99. The Labute approximate surface area is 85.9 Å². The third-order valence-corrected chi connectivity index (χ3v) is 1.53. The van der Waals surface area contributed by atoms with Gasteiger partial charge < -0.3 is 0 Å². The third kappa shape index (κ3) is 17.4. The molecule has 0 aliphatic rings. The molecule has 0 radical (unpaired) electrons. The number of carbonyl (C=O) groups excluding carboxylic acids is 1. The van der Waals surface area contributed by atoms with Crippen LogP contribution in [0.5, 0.6) is 0 Å². The molecule has 0 amide bonds. The number of ketones is 1. The van der Waals surface area contributed by atoms with Gasteiger partial charge in [-0.15, -0.1) is 9.05 Å². The zero-order chi connectivity index (χ0) is 11.4. The van der Waals surface area contributed by atoms with Crippen LogP contribution in [0.1, 0.15) is 26.7 Å². The van der Waals surface area contributed by atoms with Crippen molar-refractivity contribution in [1.82, 2.24) is 0 Å². The molecule has 0 atom stereocenters. The SMILES string of the molecule is CCCC#CC(C)=O.CO[P+](=O)OC. The van der Waals surface area contributed by atoms with Crippen LogP contribution in [0.2, 0.25) is 0 Å². The molecule has 0 unspecified atom stereocenters. The first kappa shape index (κ1) is 15.7. The van der Waals surface area contributed by atoms with Crippen molar-refractivity contribution >= 4 is 14.0 Å². The molecular formula is C9H16O4P+. The Morgan fingerprint density at radius 3 is 2.07 bits per heavy atom. The molecule has 0 saturated carbocycles. The molecule has 0 aromatic rings. The van der Waals surface area contributed by atoms with Crippen LogP contribution in [0.3, 0.4) is 0 Å². The Morgan fingerprint density at radius 2 is 1.86 bits per heavy atom. The molecule has 0 aliphatic heterocycles. The molecule has 0 aromatic carbocycles. The summed E-state index contributed by atoms with van der Waals surface area (Å²) in [6.07, 6.45) is 1.86. The van der Waals surface area contributed by atoms with E-state index < -0.39 is 8.25 Å². The van der Waals surface area contributed by atoms with Gasteiger partial charge in [-0.1, -0.05) is 12.8 Å². The number of hydrogen-bond acceptors (Lipinski definition) is 4. The molecule has 0 spiro atoms. The van der Waals surface area contributed by atoms with E-state index in [0.717, 1.165) is 12.8 Å². The molecule has 0 rings (SSSR count). The second kappa shape index (κ2) is 12.2. The Hall–Kier alpha value is -0.750. The van der Waals surface area contributed by atoms with E-state index in [9.17, 15) is 9.36 Å². The minimum atomic E-state index is -1.83. The highest BCUT2D eigenvalue weighted by Gasteiger charge is 2.10. The van der Waals surface area contributed by atoms with Gasteiger partial charge in [0.05, 0.1) is 14.2 Å². The van der Waals surface area contributed by atoms with Crippen LogP contribution in [0.25, 0.3) is 0 Å². The summed E-state index contributed by atoms with van der Waals surface area (Å²) in [6.45, 7) is 3.51. The van der Waals surface area contributed by atoms with Crippen molar-refractivity contribution in [2.24, 2.45) is 0 Å². The molecule has 0 bridgehead atoms. The lowest BCUT2D eigenvalue weighted by atomic mass is 10.3. The van der Waals surface area contributed by atoms with E-state index in [2.05, 4.69) is 20.9 Å². The summed E-state index contributed by atoms with van der Waals surface area (Å²) in [5.74, 6) is 5.15. The van der Waals surface area contributed by atoms with Crippen LogP contribution < -0.4 is 0 Å². The van der Waals surface area contributed by atoms with Gasteiger partial charge in [0.1, 0.15) is 0 Å². The Kier molecular flexibility index (Phi) is 13.7. The van der Waals surface area contributed by atoms with Gasteiger partial charge in [-0.3, -0.25) is 4.79 Å². The number of unbranched alkanes of at least 4 members (excludes halogenated alkanes) is 1. The summed E-state index contributed by atoms with van der Waals surface area (Å²) in [5, 5.41) is 0. The first-order valence-corrected chi connectivity index (χ1v) is 5.22. The van der Waals surface area contributed by atoms with Gasteiger partial charge in [0.15, 0.2) is 0 Å². The van der Waals surface area contributed by atoms with Crippen molar-refractivity contribution in [1.29, 1.82) is 0 Å². The van der Waals surface area contributed by atoms with Gasteiger partial charge in [-0.25, -0.2) is 0 Å². The number of hydrogen-bond donors (Lipinski definition) is 0. The van der Waals surface area contributed by atoms with Gasteiger partial charge >= 0.3 is 8.25 Å². The monoisotopic (exact) mass is 219 g/mol. The van der Waals surface area contributed by atoms with Gasteiger partial charge in [-0.05, 0) is 12.3 Å². The maximum absolute atomic E-state index is 10.1. The van der Waals surface area contributed by atoms with Crippen molar-refractivity contribution in [3.05, 3.63) is 0 Å². The average Bonchev–Trinajstić information content (AvgIpc) is 2.17. The molecular weight excluding hydrogens is 203 g/mol. The number of carbonyl (C=O) groups is 1. The Balaban J connectivity index is 0. The van der Waals surface area contributed by atoms with E-state index in [-0.39, 0.29) is 5.78 Å². The predicted molar refractivity (Wildman–Crippen MR) is 55.0 cm³/mol. The first-order valence-electron chi connectivity index (χ1n) is 4.13. The normalized spacial score (nSPS) is 7.71. The summed E-state index contributed by atoms with van der Waals surface area (Å²) in [4.78, 5) is 10.1. The lowest BCUT2D eigenvalue weighted by molar-refractivity contribution is -0.111. The molecule has 0 heterocycles. The van der Waals surface area contributed by atoms with Gasteiger partial charge in [0.2, 0.25) is 5.78 Å². The first-order chi connectivity index (χ1) is 6.58. The van der Waals surface area contributed by atoms with Gasteiger partial charge in [0.25, 0.3) is 0 Å². The van der Waals surface area contributed by atoms with Crippen molar-refractivity contribution in [2.75, 3.05) is 14.2 Å². The minimum absolute atomic E-state index is 0.0431. The predicted octanol–water partition coefficient (Wildman–Crippen LogP) is 2.32. The van der Waals surface area contributed by atoms with E-state index in [1.165, 1.54) is 21.1 Å². The van der Waals surface area contributed by atoms with Gasteiger partial charge in [0, 0.05) is 17.9 Å². The Bertz CT molecular complexity index is 221. The topological polar surface area (TPSA) is 52.6 Å². The van der Waals surface area contributed by atoms with E-state index >= 15 is 0 Å². The maximum Gasteiger partial charge on any atom is 0.696 e. The van der Waals surface area contributed by atoms with Crippen molar-refractivity contribution < 1.29 is 18.4 Å². The summed E-state index contributed by atoms with van der Waals surface area (Å²) < 4.78 is 18.3. The van der Waals surface area contributed by atoms with Crippen molar-refractivity contribution in [3.63, 3.8) is 0 Å². The summed E-state index contributed by atoms with van der Waals surface area (Å²) in [7, 11) is 0.817. The second-order valence-corrected chi connectivity index (χ2v) is 3.37. The highest BCUT2D eigenvalue weighted by Crippen LogP contribution is 2.18. The fraction of sp³-hybridized carbons (Fsp3) is 0.667. The largest absolute Gasteiger partial charge is 0.696 e. The van der Waals surface area contributed by atoms with Crippen molar-refractivity contribution in [3.8, 4) is 11.8 Å². The highest BCUT2D eigenvalue weighted by atomic mass is 31.1. The smallest absolute Gasteiger partial charge is 0.285 e. The molecule has 80 valence electrons. The molecule has 14 heavy (non-hydrogen) atoms. The zero-order valence-corrected chi connectivity index (χ0v) is 9.89. The van der Waals surface area contributed by atoms with Crippen LogP contribution in [0, 0.1) is 11.8 Å². The molecule has 0 saturated heterocycles. The maximum atomic E-state index is 10.1. The van der Waals surface area contributed by atoms with E-state index in [1.54, 1.807) is 0 Å².